The molecule has 0 spiro atoms. The Bertz CT molecular complexity index is 822. The third-order valence-electron chi connectivity index (χ3n) is 4.52. The number of carbonyl (C=O) groups excluding carboxylic acids is 1. The molecule has 0 bridgehead atoms. The van der Waals surface area contributed by atoms with Gasteiger partial charge >= 0.3 is 0 Å². The molecule has 4 rings (SSSR count). The predicted octanol–water partition coefficient (Wildman–Crippen LogP) is 4.04. The van der Waals surface area contributed by atoms with Gasteiger partial charge in [-0.25, -0.2) is 0 Å². The number of ketones is 1. The van der Waals surface area contributed by atoms with E-state index in [1.165, 1.54) is 0 Å². The first kappa shape index (κ1) is 13.9. The standard InChI is InChI=1S/C21H16O2/c22-20(14-8-2-1-3-9-14)21(23)19-17-12-6-4-10-15(17)16-11-5-7-13-18(16)19/h1-13,19,21,23H. The minimum absolute atomic E-state index is 0.234. The van der Waals surface area contributed by atoms with Crippen molar-refractivity contribution in [3.8, 4) is 11.1 Å². The summed E-state index contributed by atoms with van der Waals surface area (Å²) in [7, 11) is 0. The molecule has 1 atom stereocenters. The molecular formula is C21H16O2. The summed E-state index contributed by atoms with van der Waals surface area (Å²) < 4.78 is 0. The SMILES string of the molecule is O=C(c1ccccc1)C(O)C1c2ccccc2-c2ccccc21. The zero-order valence-electron chi connectivity index (χ0n) is 12.5. The smallest absolute Gasteiger partial charge is 0.192 e. The summed E-state index contributed by atoms with van der Waals surface area (Å²) in [4.78, 5) is 12.7. The Hall–Kier alpha value is -2.71. The number of benzene rings is 3. The van der Waals surface area contributed by atoms with E-state index in [9.17, 15) is 9.90 Å². The normalized spacial score (nSPS) is 14.1. The third kappa shape index (κ3) is 2.19. The first-order valence-corrected chi connectivity index (χ1v) is 7.73. The lowest BCUT2D eigenvalue weighted by molar-refractivity contribution is 0.0718. The van der Waals surface area contributed by atoms with Crippen molar-refractivity contribution in [3.05, 3.63) is 95.6 Å². The second kappa shape index (κ2) is 5.49. The maximum absolute atomic E-state index is 12.7. The van der Waals surface area contributed by atoms with Crippen molar-refractivity contribution in [1.82, 2.24) is 0 Å². The molecule has 3 aromatic rings. The van der Waals surface area contributed by atoms with E-state index in [-0.39, 0.29) is 11.7 Å². The molecule has 1 aliphatic rings. The summed E-state index contributed by atoms with van der Waals surface area (Å²) in [5.41, 5.74) is 4.79. The summed E-state index contributed by atoms with van der Waals surface area (Å²) in [6.45, 7) is 0. The van der Waals surface area contributed by atoms with Crippen molar-refractivity contribution < 1.29 is 9.90 Å². The molecule has 0 heterocycles. The van der Waals surface area contributed by atoms with Crippen molar-refractivity contribution in [2.75, 3.05) is 0 Å². The first-order chi connectivity index (χ1) is 11.3. The van der Waals surface area contributed by atoms with Crippen LogP contribution >= 0.6 is 0 Å². The van der Waals surface area contributed by atoms with Crippen molar-refractivity contribution in [2.24, 2.45) is 0 Å². The van der Waals surface area contributed by atoms with Gasteiger partial charge < -0.3 is 5.11 Å². The molecule has 0 amide bonds. The van der Waals surface area contributed by atoms with Gasteiger partial charge in [-0.2, -0.15) is 0 Å². The van der Waals surface area contributed by atoms with Gasteiger partial charge in [0.15, 0.2) is 5.78 Å². The van der Waals surface area contributed by atoms with Gasteiger partial charge in [0.05, 0.1) is 0 Å². The van der Waals surface area contributed by atoms with Gasteiger partial charge in [0.2, 0.25) is 0 Å². The Morgan fingerprint density at radius 2 is 1.22 bits per heavy atom. The summed E-state index contributed by atoms with van der Waals surface area (Å²) in [6.07, 6.45) is -1.08. The average molecular weight is 300 g/mol. The number of aliphatic hydroxyl groups is 1. The maximum atomic E-state index is 12.7. The van der Waals surface area contributed by atoms with Crippen molar-refractivity contribution >= 4 is 5.78 Å². The molecule has 0 radical (unpaired) electrons. The van der Waals surface area contributed by atoms with Crippen LogP contribution in [-0.4, -0.2) is 17.0 Å². The highest BCUT2D eigenvalue weighted by atomic mass is 16.3. The molecule has 0 saturated heterocycles. The zero-order valence-corrected chi connectivity index (χ0v) is 12.5. The van der Waals surface area contributed by atoms with Crippen molar-refractivity contribution in [2.45, 2.75) is 12.0 Å². The van der Waals surface area contributed by atoms with E-state index in [0.29, 0.717) is 5.56 Å². The molecule has 0 aliphatic heterocycles. The van der Waals surface area contributed by atoms with Crippen LogP contribution in [0.15, 0.2) is 78.9 Å². The Morgan fingerprint density at radius 1 is 0.739 bits per heavy atom. The molecule has 0 aromatic heterocycles. The number of hydrogen-bond acceptors (Lipinski definition) is 2. The molecule has 1 unspecified atom stereocenters. The Balaban J connectivity index is 1.81. The van der Waals surface area contributed by atoms with Crippen LogP contribution in [-0.2, 0) is 0 Å². The number of rotatable bonds is 3. The second-order valence-electron chi connectivity index (χ2n) is 5.83. The lowest BCUT2D eigenvalue weighted by atomic mass is 9.87. The average Bonchev–Trinajstić information content (AvgIpc) is 2.96. The summed E-state index contributed by atoms with van der Waals surface area (Å²) in [5.74, 6) is -0.544. The van der Waals surface area contributed by atoms with Gasteiger partial charge in [-0.05, 0) is 22.3 Å². The zero-order chi connectivity index (χ0) is 15.8. The molecule has 0 saturated carbocycles. The molecule has 3 aromatic carbocycles. The fourth-order valence-corrected chi connectivity index (χ4v) is 3.46. The molecule has 2 nitrogen and oxygen atoms in total. The first-order valence-electron chi connectivity index (χ1n) is 7.73. The van der Waals surface area contributed by atoms with Gasteiger partial charge in [0.25, 0.3) is 0 Å². The Morgan fingerprint density at radius 3 is 1.78 bits per heavy atom. The second-order valence-corrected chi connectivity index (χ2v) is 5.83. The van der Waals surface area contributed by atoms with Gasteiger partial charge in [-0.3, -0.25) is 4.79 Å². The number of aliphatic hydroxyl groups excluding tert-OH is 1. The number of fused-ring (bicyclic) bond motifs is 3. The van der Waals surface area contributed by atoms with E-state index >= 15 is 0 Å². The van der Waals surface area contributed by atoms with Crippen LogP contribution in [0.1, 0.15) is 27.4 Å². The maximum Gasteiger partial charge on any atom is 0.192 e. The highest BCUT2D eigenvalue weighted by Gasteiger charge is 2.36. The minimum atomic E-state index is -1.08. The van der Waals surface area contributed by atoms with Gasteiger partial charge in [-0.15, -0.1) is 0 Å². The van der Waals surface area contributed by atoms with Crippen molar-refractivity contribution in [1.29, 1.82) is 0 Å². The van der Waals surface area contributed by atoms with E-state index in [4.69, 9.17) is 0 Å². The highest BCUT2D eigenvalue weighted by Crippen LogP contribution is 2.46. The lowest BCUT2D eigenvalue weighted by Crippen LogP contribution is -2.27. The predicted molar refractivity (Wildman–Crippen MR) is 90.5 cm³/mol. The van der Waals surface area contributed by atoms with Crippen LogP contribution in [0.25, 0.3) is 11.1 Å². The molecule has 112 valence electrons. The molecule has 1 N–H and O–H groups in total. The lowest BCUT2D eigenvalue weighted by Gasteiger charge is -2.19. The van der Waals surface area contributed by atoms with E-state index in [0.717, 1.165) is 22.3 Å². The highest BCUT2D eigenvalue weighted by molar-refractivity contribution is 6.01. The molecule has 0 fully saturated rings. The molecule has 1 aliphatic carbocycles. The summed E-state index contributed by atoms with van der Waals surface area (Å²) in [5, 5.41) is 10.8. The molecule has 23 heavy (non-hydrogen) atoms. The third-order valence-corrected chi connectivity index (χ3v) is 4.52. The fraction of sp³-hybridized carbons (Fsp3) is 0.0952. The minimum Gasteiger partial charge on any atom is -0.384 e. The summed E-state index contributed by atoms with van der Waals surface area (Å²) >= 11 is 0. The number of hydrogen-bond donors (Lipinski definition) is 1. The van der Waals surface area contributed by atoms with Crippen LogP contribution in [0, 0.1) is 0 Å². The summed E-state index contributed by atoms with van der Waals surface area (Å²) in [6, 6.07) is 25.0. The van der Waals surface area contributed by atoms with Gasteiger partial charge in [0, 0.05) is 11.5 Å². The van der Waals surface area contributed by atoms with E-state index in [1.54, 1.807) is 12.1 Å². The van der Waals surface area contributed by atoms with Crippen LogP contribution in [0.3, 0.4) is 0 Å². The van der Waals surface area contributed by atoms with E-state index in [2.05, 4.69) is 0 Å². The fourth-order valence-electron chi connectivity index (χ4n) is 3.46. The van der Waals surface area contributed by atoms with Crippen molar-refractivity contribution in [3.63, 3.8) is 0 Å². The topological polar surface area (TPSA) is 37.3 Å². The van der Waals surface area contributed by atoms with Gasteiger partial charge in [0.1, 0.15) is 6.10 Å². The van der Waals surface area contributed by atoms with Crippen LogP contribution in [0.2, 0.25) is 0 Å². The monoisotopic (exact) mass is 300 g/mol. The number of carbonyl (C=O) groups is 1. The van der Waals surface area contributed by atoms with Crippen LogP contribution in [0.5, 0.6) is 0 Å². The van der Waals surface area contributed by atoms with Gasteiger partial charge in [-0.1, -0.05) is 78.9 Å². The van der Waals surface area contributed by atoms with E-state index < -0.39 is 6.10 Å². The van der Waals surface area contributed by atoms with Crippen LogP contribution < -0.4 is 0 Å². The Kier molecular flexibility index (Phi) is 3.32. The largest absolute Gasteiger partial charge is 0.384 e. The quantitative estimate of drug-likeness (QED) is 0.741. The van der Waals surface area contributed by atoms with Crippen LogP contribution in [0.4, 0.5) is 0 Å². The molecular weight excluding hydrogens is 284 g/mol. The molecule has 2 heteroatoms. The van der Waals surface area contributed by atoms with E-state index in [1.807, 2.05) is 66.7 Å². The number of Topliss-reactive ketones (excluding diaryl/α,β-unsaturated/α-hetero) is 1. The Labute approximate surface area is 135 Å².